The minimum absolute atomic E-state index is 0.112. The number of rotatable bonds is 4. The molecule has 6 nitrogen and oxygen atoms in total. The summed E-state index contributed by atoms with van der Waals surface area (Å²) in [5.74, 6) is -1.10. The first-order valence-corrected chi connectivity index (χ1v) is 8.44. The van der Waals surface area contributed by atoms with E-state index in [2.05, 4.69) is 9.98 Å². The smallest absolute Gasteiger partial charge is 0.335 e. The van der Waals surface area contributed by atoms with Crippen LogP contribution in [0.4, 0.5) is 5.69 Å². The summed E-state index contributed by atoms with van der Waals surface area (Å²) in [4.78, 5) is 34.3. The van der Waals surface area contributed by atoms with Crippen molar-refractivity contribution < 1.29 is 14.7 Å². The van der Waals surface area contributed by atoms with Gasteiger partial charge in [0.1, 0.15) is 0 Å². The Morgan fingerprint density at radius 2 is 2.04 bits per heavy atom. The van der Waals surface area contributed by atoms with Gasteiger partial charge in [-0.05, 0) is 61.2 Å². The molecule has 1 aromatic carbocycles. The highest BCUT2D eigenvalue weighted by Gasteiger charge is 2.32. The Bertz CT molecular complexity index is 861. The van der Waals surface area contributed by atoms with E-state index in [9.17, 15) is 9.59 Å². The fraction of sp³-hybridized carbons (Fsp3) is 0.111. The van der Waals surface area contributed by atoms with Crippen molar-refractivity contribution in [3.8, 4) is 0 Å². The van der Waals surface area contributed by atoms with Gasteiger partial charge in [-0.2, -0.15) is 0 Å². The van der Waals surface area contributed by atoms with E-state index in [-0.39, 0.29) is 11.5 Å². The van der Waals surface area contributed by atoms with Crippen LogP contribution in [0.5, 0.6) is 0 Å². The zero-order valence-electron chi connectivity index (χ0n) is 13.4. The molecule has 0 spiro atoms. The van der Waals surface area contributed by atoms with Crippen LogP contribution >= 0.6 is 11.8 Å². The number of likely N-dealkylation sites (N-methyl/N-ethyl adjacent to an activating group) is 1. The Balaban J connectivity index is 1.89. The van der Waals surface area contributed by atoms with Gasteiger partial charge in [0.15, 0.2) is 5.17 Å². The first-order chi connectivity index (χ1) is 12.1. The highest BCUT2D eigenvalue weighted by molar-refractivity contribution is 8.18. The third kappa shape index (κ3) is 3.77. The van der Waals surface area contributed by atoms with E-state index in [1.54, 1.807) is 29.3 Å². The van der Waals surface area contributed by atoms with Crippen molar-refractivity contribution in [2.45, 2.75) is 6.92 Å². The number of carboxylic acid groups (broad SMARTS) is 1. The number of hydrogen-bond acceptors (Lipinski definition) is 5. The Hall–Kier alpha value is -2.93. The molecule has 1 aliphatic heterocycles. The van der Waals surface area contributed by atoms with Gasteiger partial charge < -0.3 is 5.11 Å². The number of carbonyl (C=O) groups is 2. The molecule has 25 heavy (non-hydrogen) atoms. The number of amidine groups is 1. The van der Waals surface area contributed by atoms with Crippen molar-refractivity contribution in [1.82, 2.24) is 9.88 Å². The molecule has 1 aliphatic rings. The number of carboxylic acids is 1. The fourth-order valence-corrected chi connectivity index (χ4v) is 3.30. The summed E-state index contributed by atoms with van der Waals surface area (Å²) >= 11 is 1.28. The first kappa shape index (κ1) is 16.9. The molecular weight excluding hydrogens is 338 g/mol. The number of aromatic nitrogens is 1. The number of aromatic carboxylic acids is 1. The molecule has 0 bridgehead atoms. The lowest BCUT2D eigenvalue weighted by Crippen LogP contribution is -2.28. The van der Waals surface area contributed by atoms with Crippen LogP contribution in [0.25, 0.3) is 6.08 Å². The van der Waals surface area contributed by atoms with E-state index in [1.165, 1.54) is 23.9 Å². The van der Waals surface area contributed by atoms with E-state index < -0.39 is 5.97 Å². The lowest BCUT2D eigenvalue weighted by molar-refractivity contribution is -0.122. The van der Waals surface area contributed by atoms with Gasteiger partial charge in [-0.25, -0.2) is 9.79 Å². The second-order valence-corrected chi connectivity index (χ2v) is 6.17. The topological polar surface area (TPSA) is 82.9 Å². The average Bonchev–Trinajstić information content (AvgIpc) is 2.91. The van der Waals surface area contributed by atoms with Gasteiger partial charge in [0.25, 0.3) is 5.91 Å². The number of pyridine rings is 1. The van der Waals surface area contributed by atoms with Crippen molar-refractivity contribution in [2.24, 2.45) is 4.99 Å². The van der Waals surface area contributed by atoms with E-state index in [0.29, 0.717) is 28.0 Å². The van der Waals surface area contributed by atoms with Crippen molar-refractivity contribution in [1.29, 1.82) is 0 Å². The zero-order valence-corrected chi connectivity index (χ0v) is 14.2. The summed E-state index contributed by atoms with van der Waals surface area (Å²) in [6.07, 6.45) is 3.42. The molecule has 1 saturated heterocycles. The van der Waals surface area contributed by atoms with Crippen molar-refractivity contribution in [3.05, 3.63) is 64.8 Å². The number of thioether (sulfide) groups is 1. The predicted molar refractivity (Wildman–Crippen MR) is 97.7 cm³/mol. The molecule has 0 radical (unpaired) electrons. The molecule has 0 atom stereocenters. The average molecular weight is 353 g/mol. The maximum Gasteiger partial charge on any atom is 0.335 e. The molecule has 0 aliphatic carbocycles. The molecule has 3 rings (SSSR count). The van der Waals surface area contributed by atoms with Crippen LogP contribution < -0.4 is 0 Å². The summed E-state index contributed by atoms with van der Waals surface area (Å²) in [6, 6.07) is 11.7. The van der Waals surface area contributed by atoms with Crippen LogP contribution in [0.15, 0.2) is 58.6 Å². The van der Waals surface area contributed by atoms with Gasteiger partial charge in [-0.15, -0.1) is 0 Å². The molecule has 7 heteroatoms. The zero-order chi connectivity index (χ0) is 17.8. The quantitative estimate of drug-likeness (QED) is 0.852. The molecule has 0 unspecified atom stereocenters. The second kappa shape index (κ2) is 7.31. The summed E-state index contributed by atoms with van der Waals surface area (Å²) < 4.78 is 0. The first-order valence-electron chi connectivity index (χ1n) is 7.63. The summed E-state index contributed by atoms with van der Waals surface area (Å²) in [5.41, 5.74) is 1.50. The van der Waals surface area contributed by atoms with Crippen LogP contribution in [-0.2, 0) is 4.79 Å². The van der Waals surface area contributed by atoms with Gasteiger partial charge in [-0.3, -0.25) is 14.7 Å². The minimum Gasteiger partial charge on any atom is -0.478 e. The number of benzene rings is 1. The summed E-state index contributed by atoms with van der Waals surface area (Å²) in [7, 11) is 0. The van der Waals surface area contributed by atoms with Gasteiger partial charge in [-0.1, -0.05) is 6.07 Å². The Labute approximate surface area is 148 Å². The third-order valence-electron chi connectivity index (χ3n) is 3.51. The molecule has 1 N–H and O–H groups in total. The number of aliphatic imine (C=N–C) groups is 1. The Morgan fingerprint density at radius 3 is 2.64 bits per heavy atom. The van der Waals surface area contributed by atoms with E-state index in [0.717, 1.165) is 0 Å². The molecule has 1 fully saturated rings. The standard InChI is InChI=1S/C18H15N3O3S/c1-2-21-16(22)15(11-14-5-3-4-10-19-14)25-18(21)20-13-8-6-12(7-9-13)17(23)24/h3-11H,2H2,1H3,(H,23,24)/b15-11-,20-18?. The van der Waals surface area contributed by atoms with Crippen molar-refractivity contribution in [2.75, 3.05) is 6.54 Å². The number of amides is 1. The van der Waals surface area contributed by atoms with Crippen LogP contribution in [0.3, 0.4) is 0 Å². The van der Waals surface area contributed by atoms with Gasteiger partial charge in [0.05, 0.1) is 21.8 Å². The molecule has 126 valence electrons. The molecule has 0 saturated carbocycles. The highest BCUT2D eigenvalue weighted by atomic mass is 32.2. The third-order valence-corrected chi connectivity index (χ3v) is 4.52. The monoisotopic (exact) mass is 353 g/mol. The summed E-state index contributed by atoms with van der Waals surface area (Å²) in [6.45, 7) is 2.38. The maximum atomic E-state index is 12.5. The molecular formula is C18H15N3O3S. The molecule has 1 amide bonds. The summed E-state index contributed by atoms with van der Waals surface area (Å²) in [5, 5.41) is 9.51. The minimum atomic E-state index is -0.986. The predicted octanol–water partition coefficient (Wildman–Crippen LogP) is 3.40. The maximum absolute atomic E-state index is 12.5. The SMILES string of the molecule is CCN1C(=O)/C(=C/c2ccccn2)SC1=Nc1ccc(C(=O)O)cc1. The van der Waals surface area contributed by atoms with Crippen LogP contribution in [0.2, 0.25) is 0 Å². The Morgan fingerprint density at radius 1 is 1.28 bits per heavy atom. The van der Waals surface area contributed by atoms with Gasteiger partial charge in [0, 0.05) is 12.7 Å². The largest absolute Gasteiger partial charge is 0.478 e. The number of carbonyl (C=O) groups excluding carboxylic acids is 1. The van der Waals surface area contributed by atoms with Crippen LogP contribution in [-0.4, -0.2) is 38.6 Å². The van der Waals surface area contributed by atoms with Gasteiger partial charge >= 0.3 is 5.97 Å². The number of nitrogens with zero attached hydrogens (tertiary/aromatic N) is 3. The van der Waals surface area contributed by atoms with Crippen molar-refractivity contribution >= 4 is 40.6 Å². The Kier molecular flexibility index (Phi) is 4.95. The van der Waals surface area contributed by atoms with Crippen LogP contribution in [0, 0.1) is 0 Å². The second-order valence-electron chi connectivity index (χ2n) is 5.16. The van der Waals surface area contributed by atoms with Crippen LogP contribution in [0.1, 0.15) is 23.0 Å². The number of hydrogen-bond donors (Lipinski definition) is 1. The van der Waals surface area contributed by atoms with E-state index in [4.69, 9.17) is 5.11 Å². The van der Waals surface area contributed by atoms with E-state index >= 15 is 0 Å². The lowest BCUT2D eigenvalue weighted by atomic mass is 10.2. The van der Waals surface area contributed by atoms with Crippen molar-refractivity contribution in [3.63, 3.8) is 0 Å². The molecule has 1 aromatic heterocycles. The van der Waals surface area contributed by atoms with E-state index in [1.807, 2.05) is 25.1 Å². The fourth-order valence-electron chi connectivity index (χ4n) is 2.25. The van der Waals surface area contributed by atoms with Gasteiger partial charge in [0.2, 0.25) is 0 Å². The highest BCUT2D eigenvalue weighted by Crippen LogP contribution is 2.33. The normalized spacial score (nSPS) is 17.5. The lowest BCUT2D eigenvalue weighted by Gasteiger charge is -2.11. The molecule has 2 heterocycles. The molecule has 2 aromatic rings.